The topological polar surface area (TPSA) is 90.4 Å². The Kier molecular flexibility index (Phi) is 12.0. The molecule has 0 radical (unpaired) electrons. The van der Waals surface area contributed by atoms with E-state index >= 15 is 0 Å². The summed E-state index contributed by atoms with van der Waals surface area (Å²) in [4.78, 5) is 48.5. The van der Waals surface area contributed by atoms with Crippen LogP contribution >= 0.6 is 11.8 Å². The van der Waals surface area contributed by atoms with Gasteiger partial charge in [-0.2, -0.15) is 0 Å². The summed E-state index contributed by atoms with van der Waals surface area (Å²) >= 11 is 1.68. The largest absolute Gasteiger partial charge is 0.465 e. The maximum Gasteiger partial charge on any atom is 0.310 e. The van der Waals surface area contributed by atoms with Crippen molar-refractivity contribution < 1.29 is 24.2 Å². The number of unbranched alkanes of at least 4 members (excludes halogenated alkanes) is 4. The first-order chi connectivity index (χ1) is 21.3. The first kappa shape index (κ1) is 34.1. The van der Waals surface area contributed by atoms with Gasteiger partial charge in [-0.25, -0.2) is 0 Å². The van der Waals surface area contributed by atoms with E-state index in [1.54, 1.807) is 27.6 Å². The number of nitrogens with zero attached hydrogens (tertiary/aromatic N) is 3. The number of thioether (sulfide) groups is 1. The van der Waals surface area contributed by atoms with Crippen molar-refractivity contribution in [2.45, 2.75) is 81.8 Å². The van der Waals surface area contributed by atoms with Crippen molar-refractivity contribution in [1.29, 1.82) is 0 Å². The zero-order valence-electron chi connectivity index (χ0n) is 26.8. The third kappa shape index (κ3) is 6.45. The summed E-state index contributed by atoms with van der Waals surface area (Å²) in [6, 6.07) is 7.33. The van der Waals surface area contributed by atoms with Crippen molar-refractivity contribution in [3.05, 3.63) is 49.6 Å². The molecule has 0 aliphatic carbocycles. The van der Waals surface area contributed by atoms with Crippen molar-refractivity contribution in [3.8, 4) is 0 Å². The van der Waals surface area contributed by atoms with E-state index in [1.165, 1.54) is 0 Å². The lowest BCUT2D eigenvalue weighted by atomic mass is 9.66. The van der Waals surface area contributed by atoms with Crippen molar-refractivity contribution >= 4 is 40.9 Å². The quantitative estimate of drug-likeness (QED) is 0.132. The summed E-state index contributed by atoms with van der Waals surface area (Å²) < 4.78 is 5.06. The Morgan fingerprint density at radius 2 is 1.77 bits per heavy atom. The molecule has 8 nitrogen and oxygen atoms in total. The number of carbonyl (C=O) groups is 3. The number of allylic oxidation sites excluding steroid dienone is 1. The van der Waals surface area contributed by atoms with Crippen molar-refractivity contribution in [2.24, 2.45) is 17.8 Å². The van der Waals surface area contributed by atoms with E-state index in [4.69, 9.17) is 4.74 Å². The fourth-order valence-electron chi connectivity index (χ4n) is 7.57. The van der Waals surface area contributed by atoms with Crippen LogP contribution in [-0.2, 0) is 19.1 Å². The van der Waals surface area contributed by atoms with E-state index < -0.39 is 22.6 Å². The minimum absolute atomic E-state index is 0.0485. The van der Waals surface area contributed by atoms with Crippen LogP contribution in [0.25, 0.3) is 0 Å². The molecule has 1 aromatic rings. The molecule has 3 saturated heterocycles. The lowest BCUT2D eigenvalue weighted by molar-refractivity contribution is -0.154. The van der Waals surface area contributed by atoms with Crippen LogP contribution in [0.1, 0.15) is 65.7 Å². The van der Waals surface area contributed by atoms with Crippen LogP contribution in [0.5, 0.6) is 0 Å². The maximum atomic E-state index is 14.8. The number of aliphatic hydroxyl groups excluding tert-OH is 1. The number of amides is 2. The number of anilines is 2. The van der Waals surface area contributed by atoms with Crippen LogP contribution < -0.4 is 9.80 Å². The highest BCUT2D eigenvalue weighted by Crippen LogP contribution is 2.68. The van der Waals surface area contributed by atoms with E-state index in [1.807, 2.05) is 30.3 Å². The Bertz CT molecular complexity index is 1170. The molecular formula is C35H51N3O5S. The smallest absolute Gasteiger partial charge is 0.310 e. The summed E-state index contributed by atoms with van der Waals surface area (Å²) in [5.74, 6) is -1.62. The SMILES string of the molecule is C=CCCCCOC(=O)[C@@H]1[C@H]2C(=O)N(CCCCCO)C(C(=O)N(CC=C)c3ccc(N(CC)CC)cc3)C23S[C@@H]1CC3C. The molecule has 6 atom stereocenters. The summed E-state index contributed by atoms with van der Waals surface area (Å²) in [6.07, 6.45) is 8.96. The predicted molar refractivity (Wildman–Crippen MR) is 179 cm³/mol. The molecule has 0 aromatic heterocycles. The second kappa shape index (κ2) is 15.5. The van der Waals surface area contributed by atoms with E-state index in [0.29, 0.717) is 32.5 Å². The third-order valence-electron chi connectivity index (χ3n) is 9.72. The first-order valence-electron chi connectivity index (χ1n) is 16.4. The Balaban J connectivity index is 1.67. The monoisotopic (exact) mass is 625 g/mol. The van der Waals surface area contributed by atoms with Crippen LogP contribution in [0.3, 0.4) is 0 Å². The predicted octanol–water partition coefficient (Wildman–Crippen LogP) is 5.45. The summed E-state index contributed by atoms with van der Waals surface area (Å²) in [6.45, 7) is 17.0. The maximum absolute atomic E-state index is 14.8. The summed E-state index contributed by atoms with van der Waals surface area (Å²) in [5, 5.41) is 9.30. The lowest BCUT2D eigenvalue weighted by Crippen LogP contribution is -2.57. The number of esters is 1. The molecule has 242 valence electrons. The number of ether oxygens (including phenoxy) is 1. The second-order valence-electron chi connectivity index (χ2n) is 12.2. The van der Waals surface area contributed by atoms with Crippen molar-refractivity contribution in [2.75, 3.05) is 49.2 Å². The van der Waals surface area contributed by atoms with Gasteiger partial charge in [0.1, 0.15) is 6.04 Å². The number of fused-ring (bicyclic) bond motifs is 1. The Morgan fingerprint density at radius 3 is 2.41 bits per heavy atom. The molecule has 3 unspecified atom stereocenters. The van der Waals surface area contributed by atoms with Gasteiger partial charge in [0.15, 0.2) is 0 Å². The minimum atomic E-state index is -0.705. The molecular weight excluding hydrogens is 574 g/mol. The molecule has 1 spiro atoms. The second-order valence-corrected chi connectivity index (χ2v) is 13.8. The number of carbonyl (C=O) groups excluding carboxylic acids is 3. The number of aliphatic hydroxyl groups is 1. The summed E-state index contributed by atoms with van der Waals surface area (Å²) in [7, 11) is 0. The Morgan fingerprint density at radius 1 is 1.07 bits per heavy atom. The number of hydrogen-bond donors (Lipinski definition) is 1. The molecule has 0 saturated carbocycles. The molecule has 4 rings (SSSR count). The normalized spacial score (nSPS) is 26.9. The van der Waals surface area contributed by atoms with Crippen LogP contribution in [0.15, 0.2) is 49.6 Å². The van der Waals surface area contributed by atoms with Crippen molar-refractivity contribution in [3.63, 3.8) is 0 Å². The highest BCUT2D eigenvalue weighted by Gasteiger charge is 2.76. The van der Waals surface area contributed by atoms with E-state index in [-0.39, 0.29) is 35.6 Å². The zero-order valence-corrected chi connectivity index (χ0v) is 27.6. The molecule has 2 amide bonds. The average molecular weight is 626 g/mol. The van der Waals surface area contributed by atoms with Crippen LogP contribution in [0.2, 0.25) is 0 Å². The van der Waals surface area contributed by atoms with E-state index in [0.717, 1.165) is 56.6 Å². The van der Waals surface area contributed by atoms with Gasteiger partial charge in [0.2, 0.25) is 5.91 Å². The van der Waals surface area contributed by atoms with Gasteiger partial charge in [0.25, 0.3) is 5.91 Å². The number of rotatable bonds is 18. The van der Waals surface area contributed by atoms with Crippen molar-refractivity contribution in [1.82, 2.24) is 4.90 Å². The molecule has 3 heterocycles. The molecule has 1 aromatic carbocycles. The van der Waals surface area contributed by atoms with Crippen LogP contribution in [0, 0.1) is 17.8 Å². The minimum Gasteiger partial charge on any atom is -0.465 e. The van der Waals surface area contributed by atoms with Gasteiger partial charge in [-0.1, -0.05) is 19.1 Å². The van der Waals surface area contributed by atoms with E-state index in [2.05, 4.69) is 38.8 Å². The number of hydrogen-bond acceptors (Lipinski definition) is 7. The number of likely N-dealkylation sites (tertiary alicyclic amines) is 1. The van der Waals surface area contributed by atoms with Gasteiger partial charge < -0.3 is 24.5 Å². The van der Waals surface area contributed by atoms with Gasteiger partial charge in [0.05, 0.1) is 23.2 Å². The molecule has 44 heavy (non-hydrogen) atoms. The average Bonchev–Trinajstić information content (AvgIpc) is 3.62. The highest BCUT2D eigenvalue weighted by molar-refractivity contribution is 8.02. The van der Waals surface area contributed by atoms with Gasteiger partial charge in [-0.15, -0.1) is 24.9 Å². The third-order valence-corrected chi connectivity index (χ3v) is 11.8. The summed E-state index contributed by atoms with van der Waals surface area (Å²) in [5.41, 5.74) is 1.86. The standard InChI is InChI=1S/C35H51N3O5S/c1-6-10-11-15-23-43-34(42)29-28-24-25(5)35(44-28)30(29)32(40)38(21-13-12-14-22-39)31(35)33(41)37(20-7-2)27-18-16-26(17-19-27)36(8-3)9-4/h6-7,16-19,25,28-31,39H,1-2,8-15,20-24H2,3-5H3/t25?,28-,29+,30+,31?,35?/m1/s1. The zero-order chi connectivity index (χ0) is 31.9. The lowest BCUT2D eigenvalue weighted by Gasteiger charge is -2.40. The first-order valence-corrected chi connectivity index (χ1v) is 17.3. The molecule has 3 fully saturated rings. The molecule has 9 heteroatoms. The molecule has 1 N–H and O–H groups in total. The van der Waals surface area contributed by atoms with Gasteiger partial charge in [0, 0.05) is 49.4 Å². The molecule has 3 aliphatic rings. The van der Waals surface area contributed by atoms with Crippen LogP contribution in [0.4, 0.5) is 11.4 Å². The fourth-order valence-corrected chi connectivity index (χ4v) is 9.97. The van der Waals surface area contributed by atoms with E-state index in [9.17, 15) is 19.5 Å². The molecule has 3 aliphatic heterocycles. The van der Waals surface area contributed by atoms with Gasteiger partial charge in [-0.3, -0.25) is 14.4 Å². The fraction of sp³-hybridized carbons (Fsp3) is 0.629. The Hall–Kier alpha value is -2.78. The number of benzene rings is 1. The highest BCUT2D eigenvalue weighted by atomic mass is 32.2. The molecule has 2 bridgehead atoms. The van der Waals surface area contributed by atoms with Gasteiger partial charge in [-0.05, 0) is 89.0 Å². The Labute approximate surface area is 267 Å². The van der Waals surface area contributed by atoms with Crippen LogP contribution in [-0.4, -0.2) is 83.2 Å². The van der Waals surface area contributed by atoms with Gasteiger partial charge >= 0.3 is 5.97 Å².